The number of aliphatic hydroxyl groups excluding tert-OH is 1. The van der Waals surface area contributed by atoms with Crippen molar-refractivity contribution in [3.8, 4) is 0 Å². The molecule has 6 nitrogen and oxygen atoms in total. The van der Waals surface area contributed by atoms with Crippen LogP contribution < -0.4 is 0 Å². The van der Waals surface area contributed by atoms with Gasteiger partial charge >= 0.3 is 0 Å². The highest BCUT2D eigenvalue weighted by molar-refractivity contribution is 4.70. The Balaban J connectivity index is 2.02. The van der Waals surface area contributed by atoms with Crippen molar-refractivity contribution < 1.29 is 28.8 Å². The van der Waals surface area contributed by atoms with Crippen molar-refractivity contribution in [2.75, 3.05) is 39.6 Å². The third-order valence-corrected chi connectivity index (χ3v) is 4.00. The van der Waals surface area contributed by atoms with Gasteiger partial charge in [0, 0.05) is 5.92 Å². The number of rotatable bonds is 12. The van der Waals surface area contributed by atoms with Gasteiger partial charge in [0.2, 0.25) is 0 Å². The van der Waals surface area contributed by atoms with Crippen LogP contribution >= 0.6 is 0 Å². The van der Waals surface area contributed by atoms with Gasteiger partial charge in [-0.15, -0.1) is 0 Å². The first kappa shape index (κ1) is 21.8. The first-order valence-corrected chi connectivity index (χ1v) is 8.93. The van der Waals surface area contributed by atoms with Gasteiger partial charge in [-0.05, 0) is 34.1 Å². The molecule has 1 heterocycles. The summed E-state index contributed by atoms with van der Waals surface area (Å²) in [4.78, 5) is 0. The van der Waals surface area contributed by atoms with Crippen LogP contribution in [0, 0.1) is 5.92 Å². The van der Waals surface area contributed by atoms with E-state index in [-0.39, 0.29) is 24.2 Å². The summed E-state index contributed by atoms with van der Waals surface area (Å²) in [6.45, 7) is 14.7. The molecular weight excluding hydrogens is 312 g/mol. The molecule has 0 radical (unpaired) electrons. The highest BCUT2D eigenvalue weighted by Crippen LogP contribution is 2.22. The average molecular weight is 348 g/mol. The van der Waals surface area contributed by atoms with Crippen LogP contribution in [0.5, 0.6) is 0 Å². The fourth-order valence-corrected chi connectivity index (χ4v) is 2.17. The van der Waals surface area contributed by atoms with Gasteiger partial charge in [-0.1, -0.05) is 13.8 Å². The number of aliphatic hydroxyl groups is 1. The molecule has 1 rings (SSSR count). The maximum absolute atomic E-state index is 9.88. The second-order valence-corrected chi connectivity index (χ2v) is 7.71. The predicted molar refractivity (Wildman–Crippen MR) is 92.0 cm³/mol. The van der Waals surface area contributed by atoms with Crippen molar-refractivity contribution >= 4 is 0 Å². The number of ether oxygens (including phenoxy) is 5. The molecule has 0 spiro atoms. The van der Waals surface area contributed by atoms with E-state index < -0.39 is 11.9 Å². The Kier molecular flexibility index (Phi) is 9.12. The Morgan fingerprint density at radius 3 is 2.42 bits per heavy atom. The largest absolute Gasteiger partial charge is 0.388 e. The molecule has 1 fully saturated rings. The fraction of sp³-hybridized carbons (Fsp3) is 1.00. The average Bonchev–Trinajstić information content (AvgIpc) is 2.84. The third kappa shape index (κ3) is 9.30. The summed E-state index contributed by atoms with van der Waals surface area (Å²) in [6, 6.07) is 0. The van der Waals surface area contributed by atoms with Crippen LogP contribution in [0.1, 0.15) is 48.0 Å². The van der Waals surface area contributed by atoms with E-state index in [1.54, 1.807) is 0 Å². The van der Waals surface area contributed by atoms with Crippen LogP contribution in [0.4, 0.5) is 0 Å². The van der Waals surface area contributed by atoms with Crippen LogP contribution in [-0.4, -0.2) is 68.3 Å². The van der Waals surface area contributed by atoms with Crippen LogP contribution in [0.25, 0.3) is 0 Å². The normalized spacial score (nSPS) is 23.4. The quantitative estimate of drug-likeness (QED) is 0.584. The van der Waals surface area contributed by atoms with Gasteiger partial charge < -0.3 is 28.8 Å². The van der Waals surface area contributed by atoms with E-state index in [1.165, 1.54) is 0 Å². The maximum Gasteiger partial charge on any atom is 0.163 e. The Labute approximate surface area is 146 Å². The topological polar surface area (TPSA) is 66.4 Å². The molecule has 6 heteroatoms. The highest BCUT2D eigenvalue weighted by Gasteiger charge is 2.32. The summed E-state index contributed by atoms with van der Waals surface area (Å²) in [7, 11) is 0. The minimum absolute atomic E-state index is 0.00555. The zero-order valence-corrected chi connectivity index (χ0v) is 16.2. The van der Waals surface area contributed by atoms with Gasteiger partial charge in [-0.2, -0.15) is 0 Å². The minimum Gasteiger partial charge on any atom is -0.388 e. The maximum atomic E-state index is 9.88. The van der Waals surface area contributed by atoms with Crippen molar-refractivity contribution in [3.05, 3.63) is 0 Å². The predicted octanol–water partition coefficient (Wildman–Crippen LogP) is 2.37. The van der Waals surface area contributed by atoms with Gasteiger partial charge in [0.25, 0.3) is 0 Å². The van der Waals surface area contributed by atoms with E-state index in [9.17, 15) is 5.11 Å². The highest BCUT2D eigenvalue weighted by atomic mass is 16.7. The second-order valence-electron chi connectivity index (χ2n) is 7.71. The van der Waals surface area contributed by atoms with Crippen molar-refractivity contribution in [1.82, 2.24) is 0 Å². The minimum atomic E-state index is -0.602. The van der Waals surface area contributed by atoms with E-state index in [4.69, 9.17) is 23.7 Å². The van der Waals surface area contributed by atoms with Crippen LogP contribution in [0.15, 0.2) is 0 Å². The summed E-state index contributed by atoms with van der Waals surface area (Å²) < 4.78 is 28.0. The molecule has 3 atom stereocenters. The Morgan fingerprint density at radius 2 is 1.83 bits per heavy atom. The smallest absolute Gasteiger partial charge is 0.163 e. The molecule has 1 N–H and O–H groups in total. The van der Waals surface area contributed by atoms with Crippen molar-refractivity contribution in [2.45, 2.75) is 71.6 Å². The van der Waals surface area contributed by atoms with Crippen LogP contribution in [0.3, 0.4) is 0 Å². The van der Waals surface area contributed by atoms with E-state index in [1.807, 2.05) is 27.7 Å². The molecule has 0 aromatic rings. The third-order valence-electron chi connectivity index (χ3n) is 4.00. The summed E-state index contributed by atoms with van der Waals surface area (Å²) >= 11 is 0. The van der Waals surface area contributed by atoms with Gasteiger partial charge in [0.1, 0.15) is 12.2 Å². The van der Waals surface area contributed by atoms with E-state index in [0.29, 0.717) is 33.0 Å². The molecule has 0 bridgehead atoms. The number of hydrogen-bond donors (Lipinski definition) is 1. The molecule has 1 aliphatic rings. The molecule has 0 aromatic heterocycles. The lowest BCUT2D eigenvalue weighted by molar-refractivity contribution is -0.146. The van der Waals surface area contributed by atoms with Gasteiger partial charge in [0.15, 0.2) is 5.79 Å². The molecule has 0 aliphatic carbocycles. The van der Waals surface area contributed by atoms with E-state index >= 15 is 0 Å². The van der Waals surface area contributed by atoms with Crippen molar-refractivity contribution in [1.29, 1.82) is 0 Å². The summed E-state index contributed by atoms with van der Waals surface area (Å²) in [5.74, 6) is -0.256. The lowest BCUT2D eigenvalue weighted by Crippen LogP contribution is -2.31. The Hall–Kier alpha value is -0.240. The monoisotopic (exact) mass is 348 g/mol. The summed E-state index contributed by atoms with van der Waals surface area (Å²) in [6.07, 6.45) is 0.297. The fourth-order valence-electron chi connectivity index (χ4n) is 2.17. The van der Waals surface area contributed by atoms with Crippen molar-refractivity contribution in [2.24, 2.45) is 5.92 Å². The number of hydrogen-bond acceptors (Lipinski definition) is 6. The first-order valence-electron chi connectivity index (χ1n) is 8.93. The zero-order valence-electron chi connectivity index (χ0n) is 16.2. The lowest BCUT2D eigenvalue weighted by atomic mass is 10.1. The van der Waals surface area contributed by atoms with Crippen molar-refractivity contribution in [3.63, 3.8) is 0 Å². The van der Waals surface area contributed by atoms with Crippen LogP contribution in [0.2, 0.25) is 0 Å². The van der Waals surface area contributed by atoms with Gasteiger partial charge in [-0.3, -0.25) is 0 Å². The standard InChI is InChI=1S/C18H36O6/c1-7-17(3,4)22-11-15(19)10-20-8-14(2)9-21-12-16-13-23-18(5,6)24-16/h14-16,19H,7-13H2,1-6H3. The second kappa shape index (κ2) is 10.0. The van der Waals surface area contributed by atoms with E-state index in [2.05, 4.69) is 13.8 Å². The molecule has 24 heavy (non-hydrogen) atoms. The molecular formula is C18H36O6. The summed E-state index contributed by atoms with van der Waals surface area (Å²) in [5.41, 5.74) is -0.206. The molecule has 0 aromatic carbocycles. The Morgan fingerprint density at radius 1 is 1.17 bits per heavy atom. The Bertz CT molecular complexity index is 344. The molecule has 1 aliphatic heterocycles. The van der Waals surface area contributed by atoms with Gasteiger partial charge in [0.05, 0.1) is 45.2 Å². The zero-order chi connectivity index (χ0) is 18.2. The summed E-state index contributed by atoms with van der Waals surface area (Å²) in [5, 5.41) is 9.88. The van der Waals surface area contributed by atoms with Crippen LogP contribution in [-0.2, 0) is 23.7 Å². The molecule has 1 saturated heterocycles. The molecule has 3 unspecified atom stereocenters. The van der Waals surface area contributed by atoms with E-state index in [0.717, 1.165) is 6.42 Å². The van der Waals surface area contributed by atoms with Gasteiger partial charge in [-0.25, -0.2) is 0 Å². The SMILES string of the molecule is CCC(C)(C)OCC(O)COCC(C)COCC1COC(C)(C)O1. The lowest BCUT2D eigenvalue weighted by Gasteiger charge is -2.25. The molecule has 0 amide bonds. The molecule has 144 valence electrons. The first-order chi connectivity index (χ1) is 11.1. The molecule has 0 saturated carbocycles.